The molecule has 1 aliphatic heterocycles. The molecule has 1 atom stereocenters. The molecule has 1 aliphatic rings. The maximum atomic E-state index is 13.1. The third-order valence-corrected chi connectivity index (χ3v) is 3.83. The maximum absolute atomic E-state index is 13.1. The van der Waals surface area contributed by atoms with Crippen LogP contribution in [0, 0.1) is 5.82 Å². The Balaban J connectivity index is 1.94. The van der Waals surface area contributed by atoms with Crippen LogP contribution in [0.25, 0.3) is 0 Å². The van der Waals surface area contributed by atoms with Crippen molar-refractivity contribution in [3.05, 3.63) is 63.9 Å². The molecule has 2 aromatic rings. The van der Waals surface area contributed by atoms with Crippen molar-refractivity contribution in [3.8, 4) is 0 Å². The summed E-state index contributed by atoms with van der Waals surface area (Å²) in [6, 6.07) is 13.3. The molecule has 1 heterocycles. The number of nitrogens with one attached hydrogen (secondary N) is 1. The summed E-state index contributed by atoms with van der Waals surface area (Å²) < 4.78 is 14.2. The fourth-order valence-corrected chi connectivity index (χ4v) is 2.83. The van der Waals surface area contributed by atoms with Gasteiger partial charge < -0.3 is 5.32 Å². The largest absolute Gasteiger partial charge is 0.378 e. The summed E-state index contributed by atoms with van der Waals surface area (Å²) in [5.41, 5.74) is 3.29. The molecule has 1 unspecified atom stereocenters. The van der Waals surface area contributed by atoms with Crippen molar-refractivity contribution in [1.29, 1.82) is 0 Å². The molecular formula is C14H11BrFN. The van der Waals surface area contributed by atoms with Crippen LogP contribution in [0.3, 0.4) is 0 Å². The lowest BCUT2D eigenvalue weighted by Crippen LogP contribution is -2.06. The van der Waals surface area contributed by atoms with Gasteiger partial charge in [0.2, 0.25) is 0 Å². The fourth-order valence-electron chi connectivity index (χ4n) is 2.27. The monoisotopic (exact) mass is 291 g/mol. The standard InChI is InChI=1S/C14H11BrFN/c15-12-4-2-1-3-11(12)14-7-9-5-6-10(16)8-13(9)17-14/h1-6,8,14,17H,7H2. The van der Waals surface area contributed by atoms with E-state index in [0.29, 0.717) is 0 Å². The highest BCUT2D eigenvalue weighted by molar-refractivity contribution is 9.10. The van der Waals surface area contributed by atoms with Crippen LogP contribution < -0.4 is 5.32 Å². The molecule has 0 bridgehead atoms. The number of halogens is 2. The lowest BCUT2D eigenvalue weighted by atomic mass is 10.0. The summed E-state index contributed by atoms with van der Waals surface area (Å²) in [6.07, 6.45) is 0.901. The van der Waals surface area contributed by atoms with Crippen LogP contribution in [0.5, 0.6) is 0 Å². The molecule has 17 heavy (non-hydrogen) atoms. The highest BCUT2D eigenvalue weighted by Crippen LogP contribution is 2.36. The first-order valence-corrected chi connectivity index (χ1v) is 6.33. The minimum absolute atomic E-state index is 0.191. The van der Waals surface area contributed by atoms with Crippen LogP contribution in [0.1, 0.15) is 17.2 Å². The van der Waals surface area contributed by atoms with E-state index in [2.05, 4.69) is 27.3 Å². The average Bonchev–Trinajstić information content (AvgIpc) is 2.72. The van der Waals surface area contributed by atoms with Gasteiger partial charge in [0.15, 0.2) is 0 Å². The van der Waals surface area contributed by atoms with Crippen LogP contribution in [0.4, 0.5) is 10.1 Å². The van der Waals surface area contributed by atoms with E-state index in [9.17, 15) is 4.39 Å². The Bertz CT molecular complexity index is 568. The van der Waals surface area contributed by atoms with Gasteiger partial charge in [-0.05, 0) is 35.7 Å². The van der Waals surface area contributed by atoms with Crippen molar-refractivity contribution >= 4 is 21.6 Å². The Labute approximate surface area is 108 Å². The van der Waals surface area contributed by atoms with Gasteiger partial charge in [-0.2, -0.15) is 0 Å². The second kappa shape index (κ2) is 4.15. The zero-order chi connectivity index (χ0) is 11.8. The predicted octanol–water partition coefficient (Wildman–Crippen LogP) is 4.30. The minimum atomic E-state index is -0.191. The van der Waals surface area contributed by atoms with E-state index in [1.165, 1.54) is 17.2 Å². The summed E-state index contributed by atoms with van der Waals surface area (Å²) in [7, 11) is 0. The van der Waals surface area contributed by atoms with E-state index in [1.807, 2.05) is 24.3 Å². The molecule has 0 amide bonds. The molecule has 0 radical (unpaired) electrons. The van der Waals surface area contributed by atoms with Gasteiger partial charge in [0, 0.05) is 10.2 Å². The number of rotatable bonds is 1. The maximum Gasteiger partial charge on any atom is 0.125 e. The fraction of sp³-hybridized carbons (Fsp3) is 0.143. The zero-order valence-corrected chi connectivity index (χ0v) is 10.7. The molecule has 2 aromatic carbocycles. The van der Waals surface area contributed by atoms with Crippen molar-refractivity contribution in [1.82, 2.24) is 0 Å². The molecule has 0 aliphatic carbocycles. The number of hydrogen-bond donors (Lipinski definition) is 1. The van der Waals surface area contributed by atoms with E-state index in [4.69, 9.17) is 0 Å². The second-order valence-electron chi connectivity index (χ2n) is 4.22. The summed E-state index contributed by atoms with van der Waals surface area (Å²) in [5.74, 6) is -0.191. The average molecular weight is 292 g/mol. The van der Waals surface area contributed by atoms with Gasteiger partial charge in [-0.1, -0.05) is 40.2 Å². The van der Waals surface area contributed by atoms with Crippen LogP contribution in [0.2, 0.25) is 0 Å². The van der Waals surface area contributed by atoms with Crippen molar-refractivity contribution in [2.75, 3.05) is 5.32 Å². The van der Waals surface area contributed by atoms with Gasteiger partial charge in [0.05, 0.1) is 6.04 Å². The highest BCUT2D eigenvalue weighted by Gasteiger charge is 2.23. The molecule has 3 heteroatoms. The van der Waals surface area contributed by atoms with Gasteiger partial charge >= 0.3 is 0 Å². The number of anilines is 1. The highest BCUT2D eigenvalue weighted by atomic mass is 79.9. The smallest absolute Gasteiger partial charge is 0.125 e. The normalized spacial score (nSPS) is 17.6. The minimum Gasteiger partial charge on any atom is -0.378 e. The van der Waals surface area contributed by atoms with Gasteiger partial charge in [-0.15, -0.1) is 0 Å². The van der Waals surface area contributed by atoms with Crippen LogP contribution >= 0.6 is 15.9 Å². The van der Waals surface area contributed by atoms with Crippen LogP contribution in [-0.2, 0) is 6.42 Å². The Morgan fingerprint density at radius 3 is 2.82 bits per heavy atom. The van der Waals surface area contributed by atoms with E-state index in [-0.39, 0.29) is 11.9 Å². The topological polar surface area (TPSA) is 12.0 Å². The third-order valence-electron chi connectivity index (χ3n) is 3.11. The van der Waals surface area contributed by atoms with Gasteiger partial charge in [-0.25, -0.2) is 4.39 Å². The lowest BCUT2D eigenvalue weighted by molar-refractivity contribution is 0.628. The molecule has 3 rings (SSSR count). The van der Waals surface area contributed by atoms with Crippen LogP contribution in [-0.4, -0.2) is 0 Å². The molecule has 1 nitrogen and oxygen atoms in total. The van der Waals surface area contributed by atoms with Crippen molar-refractivity contribution in [2.45, 2.75) is 12.5 Å². The summed E-state index contributed by atoms with van der Waals surface area (Å²) in [4.78, 5) is 0. The second-order valence-corrected chi connectivity index (χ2v) is 5.08. The van der Waals surface area contributed by atoms with Crippen molar-refractivity contribution in [2.24, 2.45) is 0 Å². The van der Waals surface area contributed by atoms with E-state index in [0.717, 1.165) is 16.6 Å². The molecular weight excluding hydrogens is 281 g/mol. The molecule has 0 aromatic heterocycles. The quantitative estimate of drug-likeness (QED) is 0.826. The number of benzene rings is 2. The molecule has 0 saturated carbocycles. The Morgan fingerprint density at radius 2 is 2.00 bits per heavy atom. The molecule has 86 valence electrons. The van der Waals surface area contributed by atoms with Crippen molar-refractivity contribution < 1.29 is 4.39 Å². The van der Waals surface area contributed by atoms with Gasteiger partial charge in [-0.3, -0.25) is 0 Å². The SMILES string of the molecule is Fc1ccc2c(c1)NC(c1ccccc1Br)C2. The molecule has 0 saturated heterocycles. The van der Waals surface area contributed by atoms with E-state index in [1.54, 1.807) is 6.07 Å². The Kier molecular flexibility index (Phi) is 2.63. The van der Waals surface area contributed by atoms with Gasteiger partial charge in [0.25, 0.3) is 0 Å². The lowest BCUT2D eigenvalue weighted by Gasteiger charge is -2.13. The van der Waals surface area contributed by atoms with Crippen molar-refractivity contribution in [3.63, 3.8) is 0 Å². The summed E-state index contributed by atoms with van der Waals surface area (Å²) in [6.45, 7) is 0. The Morgan fingerprint density at radius 1 is 1.18 bits per heavy atom. The molecule has 1 N–H and O–H groups in total. The third kappa shape index (κ3) is 1.95. The van der Waals surface area contributed by atoms with E-state index < -0.39 is 0 Å². The summed E-state index contributed by atoms with van der Waals surface area (Å²) >= 11 is 3.55. The summed E-state index contributed by atoms with van der Waals surface area (Å²) in [5, 5.41) is 3.36. The predicted molar refractivity (Wildman–Crippen MR) is 70.6 cm³/mol. The number of hydrogen-bond acceptors (Lipinski definition) is 1. The first-order chi connectivity index (χ1) is 8.24. The first kappa shape index (κ1) is 10.8. The Hall–Kier alpha value is -1.35. The molecule has 0 fully saturated rings. The first-order valence-electron chi connectivity index (χ1n) is 5.53. The van der Waals surface area contributed by atoms with E-state index >= 15 is 0 Å². The van der Waals surface area contributed by atoms with Crippen LogP contribution in [0.15, 0.2) is 46.9 Å². The van der Waals surface area contributed by atoms with Gasteiger partial charge in [0.1, 0.15) is 5.82 Å². The zero-order valence-electron chi connectivity index (χ0n) is 9.08. The number of fused-ring (bicyclic) bond motifs is 1. The molecule has 0 spiro atoms.